The third-order valence-corrected chi connectivity index (χ3v) is 6.02. The van der Waals surface area contributed by atoms with Gasteiger partial charge in [-0.1, -0.05) is 37.3 Å². The number of para-hydroxylation sites is 1. The normalized spacial score (nSPS) is 19.1. The molecule has 3 atom stereocenters. The summed E-state index contributed by atoms with van der Waals surface area (Å²) < 4.78 is 5.68. The second-order valence-electron chi connectivity index (χ2n) is 6.84. The molecule has 0 saturated heterocycles. The summed E-state index contributed by atoms with van der Waals surface area (Å²) in [7, 11) is 0. The minimum Gasteiger partial charge on any atom is -0.492 e. The molecule has 25 heavy (non-hydrogen) atoms. The van der Waals surface area contributed by atoms with E-state index in [1.54, 1.807) is 0 Å². The Hall–Kier alpha value is -1.49. The van der Waals surface area contributed by atoms with Gasteiger partial charge in [-0.05, 0) is 48.6 Å². The van der Waals surface area contributed by atoms with Crippen LogP contribution in [0.3, 0.4) is 0 Å². The van der Waals surface area contributed by atoms with Gasteiger partial charge in [0.1, 0.15) is 12.4 Å². The van der Waals surface area contributed by atoms with Gasteiger partial charge in [0, 0.05) is 23.2 Å². The maximum atomic E-state index is 10.7. The van der Waals surface area contributed by atoms with Crippen LogP contribution in [-0.2, 0) is 6.42 Å². The van der Waals surface area contributed by atoms with Crippen molar-refractivity contribution in [3.05, 3.63) is 59.7 Å². The van der Waals surface area contributed by atoms with Crippen LogP contribution in [0, 0.1) is 5.92 Å². The maximum Gasteiger partial charge on any atom is 0.119 e. The molecule has 134 valence electrons. The molecular weight excluding hydrogens is 330 g/mol. The van der Waals surface area contributed by atoms with Crippen molar-refractivity contribution in [2.75, 3.05) is 18.9 Å². The highest BCUT2D eigenvalue weighted by atomic mass is 32.2. The molecule has 0 radical (unpaired) electrons. The molecule has 0 saturated carbocycles. The lowest BCUT2D eigenvalue weighted by Gasteiger charge is -2.25. The summed E-state index contributed by atoms with van der Waals surface area (Å²) in [6, 6.07) is 16.2. The number of fused-ring (bicyclic) bond motifs is 1. The average Bonchev–Trinajstić information content (AvgIpc) is 2.64. The number of rotatable bonds is 7. The van der Waals surface area contributed by atoms with E-state index in [-0.39, 0.29) is 6.04 Å². The van der Waals surface area contributed by atoms with Crippen LogP contribution >= 0.6 is 11.8 Å². The smallest absolute Gasteiger partial charge is 0.119 e. The van der Waals surface area contributed by atoms with E-state index in [0.717, 1.165) is 17.7 Å². The third kappa shape index (κ3) is 5.00. The van der Waals surface area contributed by atoms with Gasteiger partial charge in [0.25, 0.3) is 0 Å². The fourth-order valence-electron chi connectivity index (χ4n) is 3.12. The summed E-state index contributed by atoms with van der Waals surface area (Å²) in [5.74, 6) is 2.77. The number of nitrogens with one attached hydrogen (secondary N) is 1. The highest BCUT2D eigenvalue weighted by molar-refractivity contribution is 7.99. The van der Waals surface area contributed by atoms with Crippen molar-refractivity contribution in [3.8, 4) is 5.75 Å². The van der Waals surface area contributed by atoms with Gasteiger partial charge in [-0.25, -0.2) is 0 Å². The number of aliphatic hydroxyl groups excluding tert-OH is 1. The highest BCUT2D eigenvalue weighted by Gasteiger charge is 2.20. The van der Waals surface area contributed by atoms with Gasteiger partial charge < -0.3 is 15.2 Å². The van der Waals surface area contributed by atoms with Gasteiger partial charge in [0.2, 0.25) is 0 Å². The molecule has 0 aromatic heterocycles. The van der Waals surface area contributed by atoms with E-state index in [2.05, 4.69) is 30.4 Å². The fourth-order valence-corrected chi connectivity index (χ4v) is 4.20. The Morgan fingerprint density at radius 3 is 2.84 bits per heavy atom. The summed E-state index contributed by atoms with van der Waals surface area (Å²) in [4.78, 5) is 1.37. The van der Waals surface area contributed by atoms with Crippen LogP contribution in [0.2, 0.25) is 0 Å². The summed E-state index contributed by atoms with van der Waals surface area (Å²) in [6.07, 6.45) is 0.597. The second kappa shape index (κ2) is 8.75. The molecule has 1 aliphatic rings. The van der Waals surface area contributed by atoms with E-state index in [4.69, 9.17) is 4.74 Å². The van der Waals surface area contributed by atoms with Crippen molar-refractivity contribution in [1.82, 2.24) is 5.32 Å². The molecule has 1 aliphatic heterocycles. The topological polar surface area (TPSA) is 41.5 Å². The Morgan fingerprint density at radius 2 is 2.04 bits per heavy atom. The van der Waals surface area contributed by atoms with E-state index in [1.165, 1.54) is 16.2 Å². The molecule has 4 heteroatoms. The predicted octanol–water partition coefficient (Wildman–Crippen LogP) is 4.06. The molecule has 0 bridgehead atoms. The lowest BCUT2D eigenvalue weighted by Crippen LogP contribution is -2.35. The molecule has 2 aromatic rings. The van der Waals surface area contributed by atoms with Crippen molar-refractivity contribution in [3.63, 3.8) is 0 Å². The van der Waals surface area contributed by atoms with Crippen molar-refractivity contribution < 1.29 is 9.84 Å². The number of benzene rings is 2. The largest absolute Gasteiger partial charge is 0.492 e. The van der Waals surface area contributed by atoms with Crippen LogP contribution in [0.4, 0.5) is 0 Å². The molecule has 0 spiro atoms. The first kappa shape index (κ1) is 18.3. The number of hydrogen-bond donors (Lipinski definition) is 2. The van der Waals surface area contributed by atoms with E-state index >= 15 is 0 Å². The molecule has 2 N–H and O–H groups in total. The van der Waals surface area contributed by atoms with Crippen LogP contribution in [0.15, 0.2) is 53.4 Å². The van der Waals surface area contributed by atoms with Gasteiger partial charge in [0.05, 0.1) is 6.10 Å². The number of aliphatic hydroxyl groups is 1. The van der Waals surface area contributed by atoms with Gasteiger partial charge in [-0.3, -0.25) is 0 Å². The van der Waals surface area contributed by atoms with E-state index in [9.17, 15) is 5.11 Å². The van der Waals surface area contributed by atoms with Gasteiger partial charge >= 0.3 is 0 Å². The van der Waals surface area contributed by atoms with Crippen LogP contribution in [0.1, 0.15) is 31.1 Å². The average molecular weight is 358 g/mol. The highest BCUT2D eigenvalue weighted by Crippen LogP contribution is 2.34. The van der Waals surface area contributed by atoms with Gasteiger partial charge in [0.15, 0.2) is 0 Å². The Bertz CT molecular complexity index is 677. The zero-order valence-electron chi connectivity index (χ0n) is 14.9. The lowest BCUT2D eigenvalue weighted by molar-refractivity contribution is 0.133. The molecule has 3 nitrogen and oxygen atoms in total. The van der Waals surface area contributed by atoms with Crippen molar-refractivity contribution >= 4 is 11.8 Å². The Kier molecular flexibility index (Phi) is 6.40. The number of ether oxygens (including phenoxy) is 1. The number of hydrogen-bond acceptors (Lipinski definition) is 4. The summed E-state index contributed by atoms with van der Waals surface area (Å²) in [6.45, 7) is 5.59. The van der Waals surface area contributed by atoms with Crippen molar-refractivity contribution in [1.29, 1.82) is 0 Å². The molecule has 0 amide bonds. The zero-order valence-corrected chi connectivity index (χ0v) is 15.8. The van der Waals surface area contributed by atoms with Crippen LogP contribution in [0.5, 0.6) is 5.75 Å². The van der Waals surface area contributed by atoms with Crippen molar-refractivity contribution in [2.45, 2.75) is 37.3 Å². The van der Waals surface area contributed by atoms with E-state index < -0.39 is 6.10 Å². The monoisotopic (exact) mass is 357 g/mol. The Labute approximate surface area is 154 Å². The molecule has 2 aromatic carbocycles. The van der Waals surface area contributed by atoms with Crippen LogP contribution in [0.25, 0.3) is 0 Å². The molecule has 3 unspecified atom stereocenters. The zero-order chi connectivity index (χ0) is 17.6. The maximum absolute atomic E-state index is 10.7. The lowest BCUT2D eigenvalue weighted by atomic mass is 9.96. The third-order valence-electron chi connectivity index (χ3n) is 4.57. The first-order valence-corrected chi connectivity index (χ1v) is 9.97. The standard InChI is InChI=1S/C21H27NO2S/c1-15-12-18-13-17(8-9-20(18)25-14-15)21(23)16(2)22-10-11-24-19-6-4-3-5-7-19/h3-9,13,15-16,21-23H,10-12,14H2,1-2H3. The minimum absolute atomic E-state index is 0.0221. The first-order chi connectivity index (χ1) is 12.1. The SMILES string of the molecule is CC1CSc2ccc(C(O)C(C)NCCOc3ccccc3)cc2C1. The summed E-state index contributed by atoms with van der Waals surface area (Å²) >= 11 is 1.93. The molecule has 0 aliphatic carbocycles. The predicted molar refractivity (Wildman–Crippen MR) is 104 cm³/mol. The van der Waals surface area contributed by atoms with Crippen molar-refractivity contribution in [2.24, 2.45) is 5.92 Å². The minimum atomic E-state index is -0.510. The van der Waals surface area contributed by atoms with E-state index in [1.807, 2.05) is 49.0 Å². The van der Waals surface area contributed by atoms with Gasteiger partial charge in [-0.15, -0.1) is 11.8 Å². The summed E-state index contributed by atoms with van der Waals surface area (Å²) in [5, 5.41) is 14.0. The van der Waals surface area contributed by atoms with Crippen LogP contribution in [-0.4, -0.2) is 30.1 Å². The molecule has 3 rings (SSSR count). The quantitative estimate of drug-likeness (QED) is 0.733. The van der Waals surface area contributed by atoms with E-state index in [0.29, 0.717) is 19.1 Å². The van der Waals surface area contributed by atoms with Crippen LogP contribution < -0.4 is 10.1 Å². The van der Waals surface area contributed by atoms with Gasteiger partial charge in [-0.2, -0.15) is 0 Å². The first-order valence-electron chi connectivity index (χ1n) is 8.98. The Morgan fingerprint density at radius 1 is 1.24 bits per heavy atom. The molecule has 1 heterocycles. The number of thioether (sulfide) groups is 1. The summed E-state index contributed by atoms with van der Waals surface area (Å²) in [5.41, 5.74) is 2.37. The Balaban J connectivity index is 1.50. The molecular formula is C21H27NO2S. The molecule has 0 fully saturated rings. The second-order valence-corrected chi connectivity index (χ2v) is 7.90. The fraction of sp³-hybridized carbons (Fsp3) is 0.429.